The Hall–Kier alpha value is -2.51. The number of benzene rings is 1. The van der Waals surface area contributed by atoms with Crippen LogP contribution in [0.4, 0.5) is 0 Å². The van der Waals surface area contributed by atoms with Crippen LogP contribution in [0.1, 0.15) is 30.2 Å². The molecule has 1 aliphatic rings. The smallest absolute Gasteiger partial charge is 0.191 e. The third-order valence-corrected chi connectivity index (χ3v) is 5.15. The molecule has 2 N–H and O–H groups in total. The Balaban J connectivity index is 1.57. The van der Waals surface area contributed by atoms with Crippen LogP contribution in [-0.4, -0.2) is 64.4 Å². The number of para-hydroxylation sites is 1. The molecule has 0 amide bonds. The van der Waals surface area contributed by atoms with E-state index in [0.717, 1.165) is 69.5 Å². The Morgan fingerprint density at radius 2 is 2.13 bits per heavy atom. The molecule has 1 atom stereocenters. The zero-order valence-corrected chi connectivity index (χ0v) is 18.1. The average Bonchev–Trinajstić information content (AvgIpc) is 3.27. The minimum Gasteiger partial charge on any atom is -0.493 e. The number of nitrogens with zero attached hydrogens (tertiary/aromatic N) is 2. The molecule has 7 heteroatoms. The van der Waals surface area contributed by atoms with Crippen LogP contribution in [0.25, 0.3) is 0 Å². The van der Waals surface area contributed by atoms with Gasteiger partial charge in [0.1, 0.15) is 11.5 Å². The highest BCUT2D eigenvalue weighted by Crippen LogP contribution is 2.31. The van der Waals surface area contributed by atoms with Gasteiger partial charge in [-0.1, -0.05) is 18.2 Å². The Morgan fingerprint density at radius 3 is 2.97 bits per heavy atom. The maximum absolute atomic E-state index is 5.80. The van der Waals surface area contributed by atoms with Crippen molar-refractivity contribution in [3.05, 3.63) is 54.0 Å². The molecule has 1 aromatic heterocycles. The fourth-order valence-electron chi connectivity index (χ4n) is 3.49. The Kier molecular flexibility index (Phi) is 9.05. The standard InChI is InChI=1S/C23H34N4O3/c1-27(14-6-16-28-2)15-13-25-23(24-12-10-19-7-5-17-29-19)26-21-11-18-30-22-9-4-3-8-20(21)22/h3-5,7-9,17,21H,6,10-16,18H2,1-2H3,(H2,24,25,26). The third-order valence-electron chi connectivity index (χ3n) is 5.15. The average molecular weight is 415 g/mol. The predicted molar refractivity (Wildman–Crippen MR) is 119 cm³/mol. The van der Waals surface area contributed by atoms with E-state index in [9.17, 15) is 0 Å². The number of guanidine groups is 1. The molecule has 1 unspecified atom stereocenters. The molecule has 1 aliphatic heterocycles. The van der Waals surface area contributed by atoms with Gasteiger partial charge in [-0.15, -0.1) is 0 Å². The summed E-state index contributed by atoms with van der Waals surface area (Å²) in [7, 11) is 3.86. The van der Waals surface area contributed by atoms with Crippen molar-refractivity contribution < 1.29 is 13.9 Å². The lowest BCUT2D eigenvalue weighted by Crippen LogP contribution is -2.42. The van der Waals surface area contributed by atoms with Crippen molar-refractivity contribution >= 4 is 5.96 Å². The zero-order chi connectivity index (χ0) is 21.0. The van der Waals surface area contributed by atoms with Crippen LogP contribution in [-0.2, 0) is 11.2 Å². The van der Waals surface area contributed by atoms with Gasteiger partial charge in [-0.2, -0.15) is 0 Å². The second-order valence-electron chi connectivity index (χ2n) is 7.51. The molecule has 1 aromatic carbocycles. The van der Waals surface area contributed by atoms with E-state index in [4.69, 9.17) is 18.9 Å². The fourth-order valence-corrected chi connectivity index (χ4v) is 3.49. The number of aliphatic imine (C=N–C) groups is 1. The van der Waals surface area contributed by atoms with E-state index in [2.05, 4.69) is 34.7 Å². The van der Waals surface area contributed by atoms with E-state index in [1.165, 1.54) is 5.56 Å². The van der Waals surface area contributed by atoms with Gasteiger partial charge in [-0.3, -0.25) is 4.99 Å². The molecule has 0 spiro atoms. The largest absolute Gasteiger partial charge is 0.493 e. The SMILES string of the molecule is COCCCN(C)CCN=C(NCCc1ccco1)NC1CCOc2ccccc21. The lowest BCUT2D eigenvalue weighted by molar-refractivity contribution is 0.180. The van der Waals surface area contributed by atoms with Crippen molar-refractivity contribution in [3.8, 4) is 5.75 Å². The number of ether oxygens (including phenoxy) is 2. The van der Waals surface area contributed by atoms with E-state index in [-0.39, 0.29) is 6.04 Å². The molecule has 2 aromatic rings. The lowest BCUT2D eigenvalue weighted by atomic mass is 10.0. The van der Waals surface area contributed by atoms with Gasteiger partial charge in [0.2, 0.25) is 0 Å². The van der Waals surface area contributed by atoms with Crippen LogP contribution in [0.15, 0.2) is 52.1 Å². The van der Waals surface area contributed by atoms with E-state index in [0.29, 0.717) is 6.61 Å². The van der Waals surface area contributed by atoms with E-state index in [1.54, 1.807) is 13.4 Å². The molecular formula is C23H34N4O3. The van der Waals surface area contributed by atoms with Gasteiger partial charge < -0.3 is 29.4 Å². The van der Waals surface area contributed by atoms with Crippen LogP contribution >= 0.6 is 0 Å². The zero-order valence-electron chi connectivity index (χ0n) is 18.1. The van der Waals surface area contributed by atoms with Crippen molar-refractivity contribution in [1.29, 1.82) is 0 Å². The summed E-state index contributed by atoms with van der Waals surface area (Å²) in [5.74, 6) is 2.75. The first-order valence-electron chi connectivity index (χ1n) is 10.7. The Bertz CT molecular complexity index is 764. The summed E-state index contributed by atoms with van der Waals surface area (Å²) in [6.45, 7) is 4.89. The van der Waals surface area contributed by atoms with E-state index >= 15 is 0 Å². The summed E-state index contributed by atoms with van der Waals surface area (Å²) in [5.41, 5.74) is 1.18. The van der Waals surface area contributed by atoms with Crippen molar-refractivity contribution in [3.63, 3.8) is 0 Å². The normalized spacial score (nSPS) is 16.2. The number of methoxy groups -OCH3 is 1. The molecular weight excluding hydrogens is 380 g/mol. The minimum absolute atomic E-state index is 0.184. The molecule has 0 saturated heterocycles. The number of hydrogen-bond acceptors (Lipinski definition) is 5. The first kappa shape index (κ1) is 22.2. The summed E-state index contributed by atoms with van der Waals surface area (Å²) in [6, 6.07) is 12.3. The molecule has 0 fully saturated rings. The second-order valence-corrected chi connectivity index (χ2v) is 7.51. The number of furan rings is 1. The van der Waals surface area contributed by atoms with Gasteiger partial charge >= 0.3 is 0 Å². The minimum atomic E-state index is 0.184. The van der Waals surface area contributed by atoms with Crippen LogP contribution < -0.4 is 15.4 Å². The summed E-state index contributed by atoms with van der Waals surface area (Å²) >= 11 is 0. The van der Waals surface area contributed by atoms with Crippen LogP contribution in [0.3, 0.4) is 0 Å². The van der Waals surface area contributed by atoms with E-state index in [1.807, 2.05) is 24.3 Å². The number of hydrogen-bond donors (Lipinski definition) is 2. The lowest BCUT2D eigenvalue weighted by Gasteiger charge is -2.28. The number of fused-ring (bicyclic) bond motifs is 1. The van der Waals surface area contributed by atoms with Gasteiger partial charge in [0, 0.05) is 51.8 Å². The van der Waals surface area contributed by atoms with E-state index < -0.39 is 0 Å². The second kappa shape index (κ2) is 12.2. The van der Waals surface area contributed by atoms with Gasteiger partial charge in [0.15, 0.2) is 5.96 Å². The fraction of sp³-hybridized carbons (Fsp3) is 0.522. The van der Waals surface area contributed by atoms with Crippen molar-refractivity contribution in [2.24, 2.45) is 4.99 Å². The first-order chi connectivity index (χ1) is 14.8. The molecule has 7 nitrogen and oxygen atoms in total. The molecule has 3 rings (SSSR count). The highest BCUT2D eigenvalue weighted by molar-refractivity contribution is 5.80. The maximum atomic E-state index is 5.80. The quantitative estimate of drug-likeness (QED) is 0.335. The molecule has 0 saturated carbocycles. The van der Waals surface area contributed by atoms with Crippen LogP contribution in [0.2, 0.25) is 0 Å². The number of nitrogens with one attached hydrogen (secondary N) is 2. The van der Waals surface area contributed by atoms with Crippen molar-refractivity contribution in [1.82, 2.24) is 15.5 Å². The molecule has 0 aliphatic carbocycles. The maximum Gasteiger partial charge on any atom is 0.191 e. The molecule has 164 valence electrons. The van der Waals surface area contributed by atoms with Crippen LogP contribution in [0, 0.1) is 0 Å². The summed E-state index contributed by atoms with van der Waals surface area (Å²) in [4.78, 5) is 7.11. The van der Waals surface area contributed by atoms with Gasteiger partial charge in [0.05, 0.1) is 25.5 Å². The highest BCUT2D eigenvalue weighted by atomic mass is 16.5. The Morgan fingerprint density at radius 1 is 1.23 bits per heavy atom. The van der Waals surface area contributed by atoms with Crippen molar-refractivity contribution in [2.45, 2.75) is 25.3 Å². The summed E-state index contributed by atoms with van der Waals surface area (Å²) in [6.07, 6.45) is 4.46. The summed E-state index contributed by atoms with van der Waals surface area (Å²) < 4.78 is 16.4. The molecule has 0 radical (unpaired) electrons. The monoisotopic (exact) mass is 414 g/mol. The number of likely N-dealkylation sites (N-methyl/N-ethyl adjacent to an activating group) is 1. The molecule has 2 heterocycles. The summed E-state index contributed by atoms with van der Waals surface area (Å²) in [5, 5.41) is 7.07. The van der Waals surface area contributed by atoms with Gasteiger partial charge in [-0.05, 0) is 31.7 Å². The number of rotatable bonds is 11. The molecule has 0 bridgehead atoms. The van der Waals surface area contributed by atoms with Crippen molar-refractivity contribution in [2.75, 3.05) is 53.6 Å². The van der Waals surface area contributed by atoms with Gasteiger partial charge in [-0.25, -0.2) is 0 Å². The first-order valence-corrected chi connectivity index (χ1v) is 10.7. The topological polar surface area (TPSA) is 71.3 Å². The third kappa shape index (κ3) is 7.07. The van der Waals surface area contributed by atoms with Crippen LogP contribution in [0.5, 0.6) is 5.75 Å². The van der Waals surface area contributed by atoms with Gasteiger partial charge in [0.25, 0.3) is 0 Å². The molecule has 30 heavy (non-hydrogen) atoms. The highest BCUT2D eigenvalue weighted by Gasteiger charge is 2.21. The Labute approximate surface area is 179 Å². The predicted octanol–water partition coefficient (Wildman–Crippen LogP) is 2.85.